The summed E-state index contributed by atoms with van der Waals surface area (Å²) in [6, 6.07) is 0. The van der Waals surface area contributed by atoms with Crippen LogP contribution in [0.4, 0.5) is 0 Å². The lowest BCUT2D eigenvalue weighted by Gasteiger charge is -2.17. The molecular weight excluding hydrogens is 228 g/mol. The number of carbonyl (C=O) groups is 1. The standard InChI is InChI=1S/C14H28N2O2/c1-5-13(14(17)18-4)9-11-15-10-8-12-16(6-2)7-3/h9,15H,5-8,10-12H2,1-4H3/b13-9-. The van der Waals surface area contributed by atoms with Crippen LogP contribution in [0.3, 0.4) is 0 Å². The van der Waals surface area contributed by atoms with E-state index in [2.05, 4.69) is 24.1 Å². The highest BCUT2D eigenvalue weighted by Gasteiger charge is 2.05. The van der Waals surface area contributed by atoms with Crippen LogP contribution in [-0.2, 0) is 9.53 Å². The van der Waals surface area contributed by atoms with Gasteiger partial charge in [0.25, 0.3) is 0 Å². The zero-order chi connectivity index (χ0) is 13.8. The van der Waals surface area contributed by atoms with Crippen molar-refractivity contribution in [1.29, 1.82) is 0 Å². The van der Waals surface area contributed by atoms with Crippen LogP contribution in [0.25, 0.3) is 0 Å². The molecule has 0 amide bonds. The van der Waals surface area contributed by atoms with Crippen molar-refractivity contribution >= 4 is 5.97 Å². The average molecular weight is 256 g/mol. The Balaban J connectivity index is 3.71. The molecule has 18 heavy (non-hydrogen) atoms. The zero-order valence-corrected chi connectivity index (χ0v) is 12.3. The second-order valence-corrected chi connectivity index (χ2v) is 4.16. The molecule has 0 saturated carbocycles. The number of hydrogen-bond acceptors (Lipinski definition) is 4. The number of hydrogen-bond donors (Lipinski definition) is 1. The number of nitrogens with one attached hydrogen (secondary N) is 1. The Hall–Kier alpha value is -0.870. The molecule has 106 valence electrons. The molecule has 0 rings (SSSR count). The first-order valence-corrected chi connectivity index (χ1v) is 6.89. The highest BCUT2D eigenvalue weighted by atomic mass is 16.5. The van der Waals surface area contributed by atoms with Gasteiger partial charge in [0.2, 0.25) is 0 Å². The molecule has 0 unspecified atom stereocenters. The molecular formula is C14H28N2O2. The molecule has 0 aliphatic rings. The molecule has 0 heterocycles. The third kappa shape index (κ3) is 7.45. The van der Waals surface area contributed by atoms with Crippen molar-refractivity contribution in [3.8, 4) is 0 Å². The number of esters is 1. The van der Waals surface area contributed by atoms with Gasteiger partial charge in [0.05, 0.1) is 7.11 Å². The lowest BCUT2D eigenvalue weighted by Crippen LogP contribution is -2.27. The number of nitrogens with zero attached hydrogens (tertiary/aromatic N) is 1. The summed E-state index contributed by atoms with van der Waals surface area (Å²) < 4.78 is 4.70. The molecule has 0 aromatic heterocycles. The van der Waals surface area contributed by atoms with Crippen LogP contribution in [0.15, 0.2) is 11.6 Å². The van der Waals surface area contributed by atoms with Crippen LogP contribution >= 0.6 is 0 Å². The molecule has 0 atom stereocenters. The summed E-state index contributed by atoms with van der Waals surface area (Å²) in [4.78, 5) is 13.7. The van der Waals surface area contributed by atoms with Gasteiger partial charge in [-0.15, -0.1) is 0 Å². The predicted octanol–water partition coefficient (Wildman–Crippen LogP) is 1.82. The minimum absolute atomic E-state index is 0.220. The summed E-state index contributed by atoms with van der Waals surface area (Å²) >= 11 is 0. The Morgan fingerprint density at radius 1 is 1.28 bits per heavy atom. The van der Waals surface area contributed by atoms with Crippen molar-refractivity contribution in [2.24, 2.45) is 0 Å². The molecule has 0 saturated heterocycles. The molecule has 0 fully saturated rings. The Labute approximate surface area is 111 Å². The maximum Gasteiger partial charge on any atom is 0.333 e. The van der Waals surface area contributed by atoms with E-state index in [9.17, 15) is 4.79 Å². The summed E-state index contributed by atoms with van der Waals surface area (Å²) in [7, 11) is 1.42. The molecule has 0 bridgehead atoms. The lowest BCUT2D eigenvalue weighted by atomic mass is 10.2. The first kappa shape index (κ1) is 17.1. The smallest absolute Gasteiger partial charge is 0.333 e. The molecule has 0 aromatic carbocycles. The van der Waals surface area contributed by atoms with Gasteiger partial charge in [0.15, 0.2) is 0 Å². The number of methoxy groups -OCH3 is 1. The summed E-state index contributed by atoms with van der Waals surface area (Å²) in [5.41, 5.74) is 0.744. The van der Waals surface area contributed by atoms with Crippen molar-refractivity contribution in [3.05, 3.63) is 11.6 Å². The van der Waals surface area contributed by atoms with Crippen molar-refractivity contribution < 1.29 is 9.53 Å². The Morgan fingerprint density at radius 3 is 2.44 bits per heavy atom. The predicted molar refractivity (Wildman–Crippen MR) is 75.7 cm³/mol. The van der Waals surface area contributed by atoms with Gasteiger partial charge in [-0.1, -0.05) is 26.8 Å². The minimum atomic E-state index is -0.220. The van der Waals surface area contributed by atoms with E-state index in [1.54, 1.807) is 0 Å². The van der Waals surface area contributed by atoms with Gasteiger partial charge >= 0.3 is 5.97 Å². The van der Waals surface area contributed by atoms with E-state index in [1.165, 1.54) is 7.11 Å². The fourth-order valence-corrected chi connectivity index (χ4v) is 1.77. The Bertz CT molecular complexity index is 248. The third-order valence-corrected chi connectivity index (χ3v) is 3.04. The first-order valence-electron chi connectivity index (χ1n) is 6.89. The SMILES string of the molecule is CC/C(=C/CNCCCN(CC)CC)C(=O)OC. The number of ether oxygens (including phenoxy) is 1. The highest BCUT2D eigenvalue weighted by Crippen LogP contribution is 2.01. The maximum atomic E-state index is 11.3. The summed E-state index contributed by atoms with van der Waals surface area (Å²) in [6.07, 6.45) is 3.77. The van der Waals surface area contributed by atoms with Gasteiger partial charge < -0.3 is 15.0 Å². The third-order valence-electron chi connectivity index (χ3n) is 3.04. The highest BCUT2D eigenvalue weighted by molar-refractivity contribution is 5.88. The van der Waals surface area contributed by atoms with Crippen molar-refractivity contribution in [3.63, 3.8) is 0 Å². The van der Waals surface area contributed by atoms with Crippen LogP contribution in [0, 0.1) is 0 Å². The molecule has 0 radical (unpaired) electrons. The monoisotopic (exact) mass is 256 g/mol. The van der Waals surface area contributed by atoms with E-state index in [0.29, 0.717) is 6.42 Å². The van der Waals surface area contributed by atoms with E-state index < -0.39 is 0 Å². The van der Waals surface area contributed by atoms with E-state index >= 15 is 0 Å². The van der Waals surface area contributed by atoms with E-state index in [0.717, 1.165) is 44.7 Å². The fourth-order valence-electron chi connectivity index (χ4n) is 1.77. The van der Waals surface area contributed by atoms with Gasteiger partial charge in [-0.25, -0.2) is 4.79 Å². The van der Waals surface area contributed by atoms with Crippen molar-refractivity contribution in [2.45, 2.75) is 33.6 Å². The molecule has 4 heteroatoms. The van der Waals surface area contributed by atoms with Crippen LogP contribution in [0.5, 0.6) is 0 Å². The Morgan fingerprint density at radius 2 is 1.94 bits per heavy atom. The van der Waals surface area contributed by atoms with Gasteiger partial charge in [0.1, 0.15) is 0 Å². The van der Waals surface area contributed by atoms with Crippen LogP contribution in [-0.4, -0.2) is 50.7 Å². The first-order chi connectivity index (χ1) is 8.69. The molecule has 0 aliphatic heterocycles. The molecule has 4 nitrogen and oxygen atoms in total. The van der Waals surface area contributed by atoms with Crippen LogP contribution in [0.1, 0.15) is 33.6 Å². The minimum Gasteiger partial charge on any atom is -0.466 e. The van der Waals surface area contributed by atoms with Crippen molar-refractivity contribution in [1.82, 2.24) is 10.2 Å². The molecule has 0 aliphatic carbocycles. The van der Waals surface area contributed by atoms with E-state index in [4.69, 9.17) is 4.74 Å². The summed E-state index contributed by atoms with van der Waals surface area (Å²) in [5, 5.41) is 3.32. The summed E-state index contributed by atoms with van der Waals surface area (Å²) in [6.45, 7) is 11.4. The normalized spacial score (nSPS) is 11.9. The van der Waals surface area contributed by atoms with E-state index in [-0.39, 0.29) is 5.97 Å². The second-order valence-electron chi connectivity index (χ2n) is 4.16. The molecule has 1 N–H and O–H groups in total. The zero-order valence-electron chi connectivity index (χ0n) is 12.3. The topological polar surface area (TPSA) is 41.6 Å². The van der Waals surface area contributed by atoms with E-state index in [1.807, 2.05) is 13.0 Å². The second kappa shape index (κ2) is 11.2. The maximum absolute atomic E-state index is 11.3. The van der Waals surface area contributed by atoms with Crippen LogP contribution < -0.4 is 5.32 Å². The number of carbonyl (C=O) groups excluding carboxylic acids is 1. The number of rotatable bonds is 10. The molecule has 0 spiro atoms. The fraction of sp³-hybridized carbons (Fsp3) is 0.786. The van der Waals surface area contributed by atoms with Gasteiger partial charge in [-0.3, -0.25) is 0 Å². The average Bonchev–Trinajstić information content (AvgIpc) is 2.41. The van der Waals surface area contributed by atoms with Crippen molar-refractivity contribution in [2.75, 3.05) is 39.8 Å². The van der Waals surface area contributed by atoms with Gasteiger partial charge in [-0.05, 0) is 39.0 Å². The molecule has 0 aromatic rings. The quantitative estimate of drug-likeness (QED) is 0.368. The summed E-state index contributed by atoms with van der Waals surface area (Å²) in [5.74, 6) is -0.220. The van der Waals surface area contributed by atoms with Gasteiger partial charge in [0, 0.05) is 12.1 Å². The Kier molecular flexibility index (Phi) is 10.7. The largest absolute Gasteiger partial charge is 0.466 e. The lowest BCUT2D eigenvalue weighted by molar-refractivity contribution is -0.136. The van der Waals surface area contributed by atoms with Gasteiger partial charge in [-0.2, -0.15) is 0 Å². The van der Waals surface area contributed by atoms with Crippen LogP contribution in [0.2, 0.25) is 0 Å².